The highest BCUT2D eigenvalue weighted by molar-refractivity contribution is 7.99. The second-order valence-electron chi connectivity index (χ2n) is 4.73. The lowest BCUT2D eigenvalue weighted by molar-refractivity contribution is -0.141. The van der Waals surface area contributed by atoms with Gasteiger partial charge in [0.25, 0.3) is 0 Å². The van der Waals surface area contributed by atoms with Crippen LogP contribution in [0.1, 0.15) is 30.9 Å². The van der Waals surface area contributed by atoms with Crippen LogP contribution in [0.15, 0.2) is 24.3 Å². The number of carboxylic acid groups (broad SMARTS) is 1. The van der Waals surface area contributed by atoms with Gasteiger partial charge in [0, 0.05) is 5.75 Å². The van der Waals surface area contributed by atoms with Crippen LogP contribution in [-0.4, -0.2) is 28.8 Å². The number of aliphatic carboxylic acids is 1. The van der Waals surface area contributed by atoms with E-state index in [4.69, 9.17) is 5.11 Å². The van der Waals surface area contributed by atoms with E-state index in [0.29, 0.717) is 6.42 Å². The van der Waals surface area contributed by atoms with Crippen molar-refractivity contribution in [2.75, 3.05) is 5.75 Å². The van der Waals surface area contributed by atoms with Gasteiger partial charge in [-0.1, -0.05) is 43.2 Å². The van der Waals surface area contributed by atoms with Crippen molar-refractivity contribution in [3.63, 3.8) is 0 Å². The fraction of sp³-hybridized carbons (Fsp3) is 0.467. The molecule has 0 aliphatic heterocycles. The predicted octanol–water partition coefficient (Wildman–Crippen LogP) is 2.60. The van der Waals surface area contributed by atoms with Crippen molar-refractivity contribution < 1.29 is 14.7 Å². The summed E-state index contributed by atoms with van der Waals surface area (Å²) in [6.45, 7) is 3.93. The smallest absolute Gasteiger partial charge is 0.326 e. The first-order valence-electron chi connectivity index (χ1n) is 6.68. The van der Waals surface area contributed by atoms with Crippen LogP contribution in [0.25, 0.3) is 0 Å². The molecule has 4 nitrogen and oxygen atoms in total. The van der Waals surface area contributed by atoms with Gasteiger partial charge >= 0.3 is 5.97 Å². The number of carbonyl (C=O) groups excluding carboxylic acids is 1. The molecule has 0 aromatic heterocycles. The Kier molecular flexibility index (Phi) is 7.15. The van der Waals surface area contributed by atoms with E-state index in [0.717, 1.165) is 17.7 Å². The van der Waals surface area contributed by atoms with Crippen molar-refractivity contribution in [3.05, 3.63) is 35.4 Å². The first kappa shape index (κ1) is 16.6. The molecule has 1 rings (SSSR count). The van der Waals surface area contributed by atoms with Crippen LogP contribution in [0, 0.1) is 6.92 Å². The fourth-order valence-corrected chi connectivity index (χ4v) is 2.53. The average Bonchev–Trinajstić information content (AvgIpc) is 2.40. The van der Waals surface area contributed by atoms with Gasteiger partial charge in [-0.05, 0) is 18.9 Å². The molecule has 0 aliphatic carbocycles. The zero-order valence-electron chi connectivity index (χ0n) is 11.9. The fourth-order valence-electron chi connectivity index (χ4n) is 1.73. The SMILES string of the molecule is CCC[C@@H](NC(=O)CSCc1ccc(C)cc1)C(=O)O. The minimum atomic E-state index is -0.969. The Morgan fingerprint density at radius 1 is 1.30 bits per heavy atom. The summed E-state index contributed by atoms with van der Waals surface area (Å²) in [5.74, 6) is -0.160. The van der Waals surface area contributed by atoms with Gasteiger partial charge in [0.1, 0.15) is 6.04 Å². The van der Waals surface area contributed by atoms with Crippen LogP contribution >= 0.6 is 11.8 Å². The van der Waals surface area contributed by atoms with E-state index in [9.17, 15) is 9.59 Å². The lowest BCUT2D eigenvalue weighted by Crippen LogP contribution is -2.41. The molecule has 110 valence electrons. The Balaban J connectivity index is 2.32. The van der Waals surface area contributed by atoms with Gasteiger partial charge in [0.15, 0.2) is 0 Å². The molecule has 1 amide bonds. The number of hydrogen-bond donors (Lipinski definition) is 2. The maximum atomic E-state index is 11.7. The Hall–Kier alpha value is -1.49. The van der Waals surface area contributed by atoms with Gasteiger partial charge < -0.3 is 10.4 Å². The Bertz CT molecular complexity index is 445. The lowest BCUT2D eigenvalue weighted by atomic mass is 10.2. The largest absolute Gasteiger partial charge is 0.480 e. The van der Waals surface area contributed by atoms with Gasteiger partial charge in [-0.25, -0.2) is 4.79 Å². The van der Waals surface area contributed by atoms with Crippen LogP contribution in [-0.2, 0) is 15.3 Å². The number of amides is 1. The quantitative estimate of drug-likeness (QED) is 0.773. The van der Waals surface area contributed by atoms with Crippen molar-refractivity contribution in [2.45, 2.75) is 38.5 Å². The monoisotopic (exact) mass is 295 g/mol. The normalized spacial score (nSPS) is 11.9. The Morgan fingerprint density at radius 2 is 1.95 bits per heavy atom. The van der Waals surface area contributed by atoms with Crippen LogP contribution in [0.5, 0.6) is 0 Å². The van der Waals surface area contributed by atoms with Crippen molar-refractivity contribution in [2.24, 2.45) is 0 Å². The molecule has 0 bridgehead atoms. The van der Waals surface area contributed by atoms with Crippen molar-refractivity contribution in [1.29, 1.82) is 0 Å². The summed E-state index contributed by atoms with van der Waals surface area (Å²) in [7, 11) is 0. The van der Waals surface area contributed by atoms with Gasteiger partial charge in [-0.2, -0.15) is 0 Å². The Labute approximate surface area is 124 Å². The standard InChI is InChI=1S/C15H21NO3S/c1-3-4-13(15(18)19)16-14(17)10-20-9-12-7-5-11(2)6-8-12/h5-8,13H,3-4,9-10H2,1-2H3,(H,16,17)(H,18,19)/t13-/m1/s1. The number of hydrogen-bond acceptors (Lipinski definition) is 3. The summed E-state index contributed by atoms with van der Waals surface area (Å²) in [6, 6.07) is 7.39. The van der Waals surface area contributed by atoms with Crippen molar-refractivity contribution >= 4 is 23.6 Å². The van der Waals surface area contributed by atoms with Crippen LogP contribution < -0.4 is 5.32 Å². The number of carbonyl (C=O) groups is 2. The molecule has 1 aromatic carbocycles. The number of thioether (sulfide) groups is 1. The topological polar surface area (TPSA) is 66.4 Å². The summed E-state index contributed by atoms with van der Waals surface area (Å²) >= 11 is 1.49. The maximum Gasteiger partial charge on any atom is 0.326 e. The first-order chi connectivity index (χ1) is 9.52. The molecule has 0 unspecified atom stereocenters. The summed E-state index contributed by atoms with van der Waals surface area (Å²) < 4.78 is 0. The molecule has 0 spiro atoms. The molecule has 1 aromatic rings. The lowest BCUT2D eigenvalue weighted by Gasteiger charge is -2.13. The van der Waals surface area contributed by atoms with E-state index in [1.165, 1.54) is 17.3 Å². The van der Waals surface area contributed by atoms with Gasteiger partial charge in [0.2, 0.25) is 5.91 Å². The zero-order valence-corrected chi connectivity index (χ0v) is 12.7. The number of aryl methyl sites for hydroxylation is 1. The molecule has 1 atom stereocenters. The number of carboxylic acids is 1. The van der Waals surface area contributed by atoms with Crippen molar-refractivity contribution in [3.8, 4) is 0 Å². The third kappa shape index (κ3) is 6.10. The molecule has 0 saturated heterocycles. The molecule has 0 aliphatic rings. The highest BCUT2D eigenvalue weighted by Crippen LogP contribution is 2.12. The van der Waals surface area contributed by atoms with Gasteiger partial charge in [-0.3, -0.25) is 4.79 Å². The van der Waals surface area contributed by atoms with Crippen LogP contribution in [0.2, 0.25) is 0 Å². The second-order valence-corrected chi connectivity index (χ2v) is 5.71. The van der Waals surface area contributed by atoms with E-state index in [1.54, 1.807) is 0 Å². The van der Waals surface area contributed by atoms with Crippen molar-refractivity contribution in [1.82, 2.24) is 5.32 Å². The molecular weight excluding hydrogens is 274 g/mol. The number of nitrogens with one attached hydrogen (secondary N) is 1. The number of benzene rings is 1. The summed E-state index contributed by atoms with van der Waals surface area (Å²) in [5.41, 5.74) is 2.37. The molecule has 5 heteroatoms. The summed E-state index contributed by atoms with van der Waals surface area (Å²) in [5, 5.41) is 11.5. The van der Waals surface area contributed by atoms with Crippen LogP contribution in [0.3, 0.4) is 0 Å². The second kappa shape index (κ2) is 8.64. The third-order valence-electron chi connectivity index (χ3n) is 2.83. The molecule has 0 radical (unpaired) electrons. The van der Waals surface area contributed by atoms with E-state index in [2.05, 4.69) is 5.32 Å². The average molecular weight is 295 g/mol. The molecule has 0 fully saturated rings. The molecule has 20 heavy (non-hydrogen) atoms. The van der Waals surface area contributed by atoms with Gasteiger partial charge in [-0.15, -0.1) is 11.8 Å². The predicted molar refractivity (Wildman–Crippen MR) is 81.8 cm³/mol. The van der Waals surface area contributed by atoms with Gasteiger partial charge in [0.05, 0.1) is 5.75 Å². The maximum absolute atomic E-state index is 11.7. The van der Waals surface area contributed by atoms with E-state index < -0.39 is 12.0 Å². The number of rotatable bonds is 8. The minimum absolute atomic E-state index is 0.219. The van der Waals surface area contributed by atoms with E-state index >= 15 is 0 Å². The van der Waals surface area contributed by atoms with E-state index in [-0.39, 0.29) is 11.7 Å². The van der Waals surface area contributed by atoms with E-state index in [1.807, 2.05) is 38.1 Å². The Morgan fingerprint density at radius 3 is 2.50 bits per heavy atom. The highest BCUT2D eigenvalue weighted by atomic mass is 32.2. The molecule has 0 heterocycles. The van der Waals surface area contributed by atoms with Crippen LogP contribution in [0.4, 0.5) is 0 Å². The molecule has 2 N–H and O–H groups in total. The first-order valence-corrected chi connectivity index (χ1v) is 7.84. The highest BCUT2D eigenvalue weighted by Gasteiger charge is 2.18. The third-order valence-corrected chi connectivity index (χ3v) is 3.84. The molecule has 0 saturated carbocycles. The summed E-state index contributed by atoms with van der Waals surface area (Å²) in [4.78, 5) is 22.6. The summed E-state index contributed by atoms with van der Waals surface area (Å²) in [6.07, 6.45) is 1.19. The molecular formula is C15H21NO3S. The minimum Gasteiger partial charge on any atom is -0.480 e. The zero-order chi connectivity index (χ0) is 15.0.